The van der Waals surface area contributed by atoms with Crippen LogP contribution in [-0.2, 0) is 4.79 Å². The van der Waals surface area contributed by atoms with Crippen molar-refractivity contribution in [3.8, 4) is 11.3 Å². The second-order valence-corrected chi connectivity index (χ2v) is 6.47. The van der Waals surface area contributed by atoms with Crippen LogP contribution < -0.4 is 5.32 Å². The van der Waals surface area contributed by atoms with Crippen molar-refractivity contribution in [3.63, 3.8) is 0 Å². The number of nitrogens with one attached hydrogen (secondary N) is 1. The minimum atomic E-state index is -0.169. The van der Waals surface area contributed by atoms with Gasteiger partial charge >= 0.3 is 0 Å². The SMILES string of the molecule is Cc1onc(-c2c(Cl)cccc2Cl)c1/C=C1\C(=O)Nc2ccccc21. The number of aryl methyl sites for hydroxylation is 1. The van der Waals surface area contributed by atoms with Crippen LogP contribution in [0.25, 0.3) is 22.9 Å². The minimum Gasteiger partial charge on any atom is -0.360 e. The first-order valence-corrected chi connectivity index (χ1v) is 8.35. The molecule has 4 rings (SSSR count). The highest BCUT2D eigenvalue weighted by molar-refractivity contribution is 6.39. The molecule has 3 aromatic rings. The molecule has 1 N–H and O–H groups in total. The molecule has 1 aliphatic rings. The first-order chi connectivity index (χ1) is 12.1. The van der Waals surface area contributed by atoms with Gasteiger partial charge < -0.3 is 9.84 Å². The van der Waals surface area contributed by atoms with Crippen molar-refractivity contribution in [2.24, 2.45) is 0 Å². The van der Waals surface area contributed by atoms with Gasteiger partial charge in [0.15, 0.2) is 0 Å². The topological polar surface area (TPSA) is 55.1 Å². The summed E-state index contributed by atoms with van der Waals surface area (Å²) in [7, 11) is 0. The van der Waals surface area contributed by atoms with E-state index in [0.29, 0.717) is 38.2 Å². The summed E-state index contributed by atoms with van der Waals surface area (Å²) < 4.78 is 5.35. The van der Waals surface area contributed by atoms with Crippen molar-refractivity contribution >= 4 is 46.4 Å². The van der Waals surface area contributed by atoms with Gasteiger partial charge in [0.25, 0.3) is 5.91 Å². The molecule has 0 radical (unpaired) electrons. The normalized spacial score (nSPS) is 14.7. The Bertz CT molecular complexity index is 1020. The van der Waals surface area contributed by atoms with Crippen molar-refractivity contribution in [2.75, 3.05) is 5.32 Å². The van der Waals surface area contributed by atoms with Crippen LogP contribution in [0.5, 0.6) is 0 Å². The third kappa shape index (κ3) is 2.64. The van der Waals surface area contributed by atoms with E-state index < -0.39 is 0 Å². The Labute approximate surface area is 154 Å². The molecule has 0 fully saturated rings. The molecule has 6 heteroatoms. The maximum atomic E-state index is 12.4. The van der Waals surface area contributed by atoms with Gasteiger partial charge in [-0.2, -0.15) is 0 Å². The van der Waals surface area contributed by atoms with Gasteiger partial charge in [-0.05, 0) is 31.2 Å². The Morgan fingerprint density at radius 3 is 2.56 bits per heavy atom. The molecule has 25 heavy (non-hydrogen) atoms. The van der Waals surface area contributed by atoms with Crippen LogP contribution in [0.1, 0.15) is 16.9 Å². The number of anilines is 1. The molecule has 1 aromatic heterocycles. The van der Waals surface area contributed by atoms with Gasteiger partial charge in [-0.25, -0.2) is 0 Å². The van der Waals surface area contributed by atoms with Gasteiger partial charge in [0, 0.05) is 28.0 Å². The van der Waals surface area contributed by atoms with Crippen LogP contribution in [0, 0.1) is 6.92 Å². The Kier molecular flexibility index (Phi) is 3.86. The molecule has 0 saturated heterocycles. The van der Waals surface area contributed by atoms with Gasteiger partial charge in [-0.3, -0.25) is 4.79 Å². The van der Waals surface area contributed by atoms with Gasteiger partial charge in [-0.1, -0.05) is 52.6 Å². The first kappa shape index (κ1) is 15.9. The summed E-state index contributed by atoms with van der Waals surface area (Å²) in [5, 5.41) is 7.90. The number of carbonyl (C=O) groups is 1. The average molecular weight is 371 g/mol. The van der Waals surface area contributed by atoms with Crippen LogP contribution in [-0.4, -0.2) is 11.1 Å². The van der Waals surface area contributed by atoms with E-state index in [2.05, 4.69) is 10.5 Å². The lowest BCUT2D eigenvalue weighted by Gasteiger charge is -2.05. The summed E-state index contributed by atoms with van der Waals surface area (Å²) >= 11 is 12.6. The molecule has 0 aliphatic carbocycles. The molecular weight excluding hydrogens is 359 g/mol. The third-order valence-corrected chi connectivity index (χ3v) is 4.74. The summed E-state index contributed by atoms with van der Waals surface area (Å²) in [4.78, 5) is 12.4. The Hall–Kier alpha value is -2.56. The lowest BCUT2D eigenvalue weighted by molar-refractivity contribution is -0.110. The predicted molar refractivity (Wildman–Crippen MR) is 99.6 cm³/mol. The van der Waals surface area contributed by atoms with Crippen molar-refractivity contribution in [2.45, 2.75) is 6.92 Å². The molecule has 0 saturated carbocycles. The van der Waals surface area contributed by atoms with E-state index in [1.54, 1.807) is 31.2 Å². The third-order valence-electron chi connectivity index (χ3n) is 4.11. The number of aromatic nitrogens is 1. The molecular formula is C19H12Cl2N2O2. The van der Waals surface area contributed by atoms with E-state index in [1.165, 1.54) is 0 Å². The molecule has 0 unspecified atom stereocenters. The van der Waals surface area contributed by atoms with Crippen molar-refractivity contribution < 1.29 is 9.32 Å². The van der Waals surface area contributed by atoms with Crippen LogP contribution in [0.2, 0.25) is 10.0 Å². The largest absolute Gasteiger partial charge is 0.360 e. The van der Waals surface area contributed by atoms with E-state index in [-0.39, 0.29) is 5.91 Å². The summed E-state index contributed by atoms with van der Waals surface area (Å²) in [6.45, 7) is 1.78. The summed E-state index contributed by atoms with van der Waals surface area (Å²) in [5.41, 5.74) is 3.94. The first-order valence-electron chi connectivity index (χ1n) is 7.59. The maximum absolute atomic E-state index is 12.4. The van der Waals surface area contributed by atoms with Crippen LogP contribution >= 0.6 is 23.2 Å². The highest BCUT2D eigenvalue weighted by atomic mass is 35.5. The van der Waals surface area contributed by atoms with Gasteiger partial charge in [0.2, 0.25) is 0 Å². The zero-order valence-electron chi connectivity index (χ0n) is 13.1. The fourth-order valence-electron chi connectivity index (χ4n) is 2.88. The van der Waals surface area contributed by atoms with E-state index in [9.17, 15) is 4.79 Å². The average Bonchev–Trinajstić information content (AvgIpc) is 3.09. The number of fused-ring (bicyclic) bond motifs is 1. The number of rotatable bonds is 2. The molecule has 0 bridgehead atoms. The monoisotopic (exact) mass is 370 g/mol. The number of hydrogen-bond donors (Lipinski definition) is 1. The highest BCUT2D eigenvalue weighted by Crippen LogP contribution is 2.39. The summed E-state index contributed by atoms with van der Waals surface area (Å²) in [6.07, 6.45) is 1.77. The number of para-hydroxylation sites is 1. The van der Waals surface area contributed by atoms with Gasteiger partial charge in [-0.15, -0.1) is 0 Å². The summed E-state index contributed by atoms with van der Waals surface area (Å²) in [5.74, 6) is 0.411. The van der Waals surface area contributed by atoms with Crippen molar-refractivity contribution in [1.82, 2.24) is 5.16 Å². The molecule has 0 spiro atoms. The lowest BCUT2D eigenvalue weighted by Crippen LogP contribution is -2.03. The molecule has 1 aliphatic heterocycles. The number of amides is 1. The Balaban J connectivity index is 1.92. The fourth-order valence-corrected chi connectivity index (χ4v) is 3.46. The number of benzene rings is 2. The number of nitrogens with zero attached hydrogens (tertiary/aromatic N) is 1. The number of hydrogen-bond acceptors (Lipinski definition) is 3. The molecule has 0 atom stereocenters. The summed E-state index contributed by atoms with van der Waals surface area (Å²) in [6, 6.07) is 12.8. The van der Waals surface area contributed by atoms with E-state index in [1.807, 2.05) is 24.3 Å². The number of carbonyl (C=O) groups excluding carboxylic acids is 1. The lowest BCUT2D eigenvalue weighted by atomic mass is 10.0. The highest BCUT2D eigenvalue weighted by Gasteiger charge is 2.26. The minimum absolute atomic E-state index is 0.169. The predicted octanol–water partition coefficient (Wildman–Crippen LogP) is 5.45. The van der Waals surface area contributed by atoms with Crippen LogP contribution in [0.4, 0.5) is 5.69 Å². The van der Waals surface area contributed by atoms with Crippen molar-refractivity contribution in [1.29, 1.82) is 0 Å². The second kappa shape index (κ2) is 6.06. The molecule has 1 amide bonds. The number of halogens is 2. The fraction of sp³-hybridized carbons (Fsp3) is 0.0526. The molecule has 2 heterocycles. The van der Waals surface area contributed by atoms with Gasteiger partial charge in [0.05, 0.1) is 10.0 Å². The zero-order chi connectivity index (χ0) is 17.6. The molecule has 2 aromatic carbocycles. The Morgan fingerprint density at radius 2 is 1.80 bits per heavy atom. The van der Waals surface area contributed by atoms with E-state index >= 15 is 0 Å². The second-order valence-electron chi connectivity index (χ2n) is 5.66. The van der Waals surface area contributed by atoms with E-state index in [4.69, 9.17) is 27.7 Å². The van der Waals surface area contributed by atoms with E-state index in [0.717, 1.165) is 11.3 Å². The van der Waals surface area contributed by atoms with Crippen LogP contribution in [0.15, 0.2) is 47.0 Å². The molecule has 4 nitrogen and oxygen atoms in total. The Morgan fingerprint density at radius 1 is 1.08 bits per heavy atom. The quantitative estimate of drug-likeness (QED) is 0.610. The van der Waals surface area contributed by atoms with Gasteiger partial charge in [0.1, 0.15) is 11.5 Å². The van der Waals surface area contributed by atoms with Crippen molar-refractivity contribution in [3.05, 3.63) is 69.4 Å². The maximum Gasteiger partial charge on any atom is 0.256 e. The smallest absolute Gasteiger partial charge is 0.256 e. The zero-order valence-corrected chi connectivity index (χ0v) is 14.7. The molecule has 124 valence electrons. The van der Waals surface area contributed by atoms with Crippen LogP contribution in [0.3, 0.4) is 0 Å². The standard InChI is InChI=1S/C19H12Cl2N2O2/c1-10-12(9-13-11-5-2-3-8-16(11)22-19(13)24)18(23-25-10)17-14(20)6-4-7-15(17)21/h2-9H,1H3,(H,22,24)/b13-9-.